The van der Waals surface area contributed by atoms with E-state index in [9.17, 15) is 10.2 Å². The average Bonchev–Trinajstić information content (AvgIpc) is 2.89. The van der Waals surface area contributed by atoms with Crippen LogP contribution in [0.5, 0.6) is 11.5 Å². The Morgan fingerprint density at radius 2 is 1.06 bits per heavy atom. The largest absolute Gasteiger partial charge is 0.508 e. The second-order valence-corrected chi connectivity index (χ2v) is 8.74. The Hall–Kier alpha value is -4.70. The number of hydrogen-bond acceptors (Lipinski definition) is 4. The predicted molar refractivity (Wildman–Crippen MR) is 141 cm³/mol. The summed E-state index contributed by atoms with van der Waals surface area (Å²) in [4.78, 5) is 10.1. The number of aryl methyl sites for hydroxylation is 1. The normalized spacial score (nSPS) is 11.2. The van der Waals surface area contributed by atoms with Gasteiger partial charge in [-0.3, -0.25) is 0 Å². The van der Waals surface area contributed by atoms with Crippen molar-refractivity contribution in [3.05, 3.63) is 109 Å². The number of pyridine rings is 2. The Bertz CT molecular complexity index is 1690. The highest BCUT2D eigenvalue weighted by Gasteiger charge is 2.14. The lowest BCUT2D eigenvalue weighted by atomic mass is 9.96. The third-order valence-corrected chi connectivity index (χ3v) is 6.33. The fourth-order valence-electron chi connectivity index (χ4n) is 4.42. The van der Waals surface area contributed by atoms with Gasteiger partial charge in [-0.2, -0.15) is 0 Å². The van der Waals surface area contributed by atoms with Crippen molar-refractivity contribution in [2.45, 2.75) is 6.92 Å². The number of rotatable bonds is 3. The number of fused-ring (bicyclic) bond motifs is 3. The molecule has 0 aliphatic rings. The lowest BCUT2D eigenvalue weighted by Gasteiger charge is -2.13. The lowest BCUT2D eigenvalue weighted by molar-refractivity contribution is 0.475. The first-order valence-electron chi connectivity index (χ1n) is 11.5. The quantitative estimate of drug-likeness (QED) is 0.272. The van der Waals surface area contributed by atoms with Gasteiger partial charge in [-0.05, 0) is 78.7 Å². The van der Waals surface area contributed by atoms with Gasteiger partial charge in [-0.1, -0.05) is 48.0 Å². The second-order valence-electron chi connectivity index (χ2n) is 8.74. The van der Waals surface area contributed by atoms with Crippen molar-refractivity contribution in [3.63, 3.8) is 0 Å². The summed E-state index contributed by atoms with van der Waals surface area (Å²) < 4.78 is 0. The van der Waals surface area contributed by atoms with E-state index in [1.807, 2.05) is 30.3 Å². The molecule has 6 aromatic rings. The third-order valence-electron chi connectivity index (χ3n) is 6.33. The van der Waals surface area contributed by atoms with Gasteiger partial charge in [-0.15, -0.1) is 0 Å². The summed E-state index contributed by atoms with van der Waals surface area (Å²) >= 11 is 0. The summed E-state index contributed by atoms with van der Waals surface area (Å²) in [6, 6.07) is 33.0. The zero-order chi connectivity index (χ0) is 23.9. The molecule has 0 saturated carbocycles. The number of aromatic hydroxyl groups is 2. The van der Waals surface area contributed by atoms with E-state index < -0.39 is 0 Å². The smallest absolute Gasteiger partial charge is 0.115 e. The third kappa shape index (κ3) is 3.85. The molecular formula is C31H22N2O2. The van der Waals surface area contributed by atoms with Crippen LogP contribution in [0, 0.1) is 6.92 Å². The van der Waals surface area contributed by atoms with Gasteiger partial charge in [0.1, 0.15) is 11.5 Å². The Labute approximate surface area is 202 Å². The standard InChI is InChI=1S/C31H22N2O2/c1-19-2-4-20(5-3-19)27-18-29(22-8-14-25(35)15-9-22)33-31-26(27)16-10-23-11-17-28(32-30(23)31)21-6-12-24(34)13-7-21/h2-18,34-35H,1H3. The van der Waals surface area contributed by atoms with Crippen LogP contribution in [0.3, 0.4) is 0 Å². The van der Waals surface area contributed by atoms with E-state index in [0.29, 0.717) is 0 Å². The van der Waals surface area contributed by atoms with Gasteiger partial charge in [0.15, 0.2) is 0 Å². The van der Waals surface area contributed by atoms with E-state index in [2.05, 4.69) is 55.5 Å². The van der Waals surface area contributed by atoms with Gasteiger partial charge < -0.3 is 10.2 Å². The minimum atomic E-state index is 0.221. The zero-order valence-electron chi connectivity index (χ0n) is 19.1. The number of hydrogen-bond donors (Lipinski definition) is 2. The Morgan fingerprint density at radius 3 is 1.71 bits per heavy atom. The molecule has 0 amide bonds. The summed E-state index contributed by atoms with van der Waals surface area (Å²) in [6.07, 6.45) is 0. The second kappa shape index (κ2) is 8.26. The van der Waals surface area contributed by atoms with Crippen molar-refractivity contribution in [1.82, 2.24) is 9.97 Å². The van der Waals surface area contributed by atoms with Crippen LogP contribution in [0.1, 0.15) is 5.56 Å². The summed E-state index contributed by atoms with van der Waals surface area (Å²) in [7, 11) is 0. The van der Waals surface area contributed by atoms with E-state index in [1.54, 1.807) is 24.3 Å². The monoisotopic (exact) mass is 454 g/mol. The SMILES string of the molecule is Cc1ccc(-c2cc(-c3ccc(O)cc3)nc3c2ccc2ccc(-c4ccc(O)cc4)nc23)cc1. The number of nitrogens with zero attached hydrogens (tertiary/aromatic N) is 2. The average molecular weight is 455 g/mol. The summed E-state index contributed by atoms with van der Waals surface area (Å²) in [5, 5.41) is 21.5. The molecule has 35 heavy (non-hydrogen) atoms. The molecule has 4 heteroatoms. The van der Waals surface area contributed by atoms with E-state index in [-0.39, 0.29) is 11.5 Å². The van der Waals surface area contributed by atoms with E-state index in [1.165, 1.54) is 5.56 Å². The summed E-state index contributed by atoms with van der Waals surface area (Å²) in [6.45, 7) is 2.08. The van der Waals surface area contributed by atoms with Crippen molar-refractivity contribution >= 4 is 21.8 Å². The highest BCUT2D eigenvalue weighted by Crippen LogP contribution is 2.36. The molecule has 0 spiro atoms. The molecule has 0 aliphatic carbocycles. The van der Waals surface area contributed by atoms with Gasteiger partial charge >= 0.3 is 0 Å². The molecule has 2 heterocycles. The Kier molecular flexibility index (Phi) is 4.93. The Morgan fingerprint density at radius 1 is 0.514 bits per heavy atom. The highest BCUT2D eigenvalue weighted by atomic mass is 16.3. The number of benzene rings is 4. The van der Waals surface area contributed by atoms with Gasteiger partial charge in [0.25, 0.3) is 0 Å². The maximum atomic E-state index is 9.79. The maximum absolute atomic E-state index is 9.79. The molecule has 0 unspecified atom stereocenters. The van der Waals surface area contributed by atoms with E-state index >= 15 is 0 Å². The van der Waals surface area contributed by atoms with Gasteiger partial charge in [0, 0.05) is 21.9 Å². The molecule has 0 saturated heterocycles. The van der Waals surface area contributed by atoms with Crippen LogP contribution >= 0.6 is 0 Å². The minimum Gasteiger partial charge on any atom is -0.508 e. The van der Waals surface area contributed by atoms with E-state index in [0.717, 1.165) is 55.4 Å². The number of aromatic nitrogens is 2. The molecule has 4 nitrogen and oxygen atoms in total. The van der Waals surface area contributed by atoms with Crippen molar-refractivity contribution in [3.8, 4) is 45.1 Å². The molecule has 0 fully saturated rings. The molecule has 6 rings (SSSR count). The summed E-state index contributed by atoms with van der Waals surface area (Å²) in [5.41, 5.74) is 8.52. The van der Waals surface area contributed by atoms with Crippen molar-refractivity contribution in [2.75, 3.05) is 0 Å². The molecule has 0 aliphatic heterocycles. The van der Waals surface area contributed by atoms with Gasteiger partial charge in [-0.25, -0.2) is 9.97 Å². The molecule has 4 aromatic carbocycles. The van der Waals surface area contributed by atoms with Crippen LogP contribution in [0.2, 0.25) is 0 Å². The first-order valence-corrected chi connectivity index (χ1v) is 11.5. The predicted octanol–water partition coefficient (Wildman–Crippen LogP) is 7.50. The zero-order valence-corrected chi connectivity index (χ0v) is 19.1. The molecule has 2 aromatic heterocycles. The first-order chi connectivity index (χ1) is 17.0. The molecule has 0 bridgehead atoms. The van der Waals surface area contributed by atoms with Crippen LogP contribution in [0.4, 0.5) is 0 Å². The molecule has 168 valence electrons. The highest BCUT2D eigenvalue weighted by molar-refractivity contribution is 6.09. The van der Waals surface area contributed by atoms with Gasteiger partial charge in [0.2, 0.25) is 0 Å². The first kappa shape index (κ1) is 20.9. The van der Waals surface area contributed by atoms with Crippen LogP contribution in [0.15, 0.2) is 103 Å². The number of phenols is 2. The van der Waals surface area contributed by atoms with Gasteiger partial charge in [0.05, 0.1) is 22.4 Å². The maximum Gasteiger partial charge on any atom is 0.115 e. The topological polar surface area (TPSA) is 66.2 Å². The molecular weight excluding hydrogens is 432 g/mol. The van der Waals surface area contributed by atoms with Crippen LogP contribution in [-0.2, 0) is 0 Å². The summed E-state index contributed by atoms with van der Waals surface area (Å²) in [5.74, 6) is 0.446. The molecule has 0 atom stereocenters. The van der Waals surface area contributed by atoms with Crippen LogP contribution < -0.4 is 0 Å². The van der Waals surface area contributed by atoms with Crippen molar-refractivity contribution in [2.24, 2.45) is 0 Å². The number of phenolic OH excluding ortho intramolecular Hbond substituents is 2. The fourth-order valence-corrected chi connectivity index (χ4v) is 4.42. The van der Waals surface area contributed by atoms with Crippen LogP contribution in [0.25, 0.3) is 55.4 Å². The van der Waals surface area contributed by atoms with Crippen LogP contribution in [-0.4, -0.2) is 20.2 Å². The Balaban J connectivity index is 1.65. The molecule has 2 N–H and O–H groups in total. The fraction of sp³-hybridized carbons (Fsp3) is 0.0323. The van der Waals surface area contributed by atoms with E-state index in [4.69, 9.17) is 9.97 Å². The minimum absolute atomic E-state index is 0.221. The van der Waals surface area contributed by atoms with Crippen molar-refractivity contribution in [1.29, 1.82) is 0 Å². The van der Waals surface area contributed by atoms with Crippen molar-refractivity contribution < 1.29 is 10.2 Å². The lowest BCUT2D eigenvalue weighted by Crippen LogP contribution is -1.94. The molecule has 0 radical (unpaired) electrons.